The molecule has 0 fully saturated rings. The molecule has 0 atom stereocenters. The van der Waals surface area contributed by atoms with Crippen LogP contribution in [0.3, 0.4) is 0 Å². The lowest BCUT2D eigenvalue weighted by Crippen LogP contribution is -2.31. The molecule has 186 valence electrons. The van der Waals surface area contributed by atoms with Crippen molar-refractivity contribution in [1.82, 2.24) is 5.32 Å². The number of likely N-dealkylation sites (N-methyl/N-ethyl adjacent to an activating group) is 1. The Labute approximate surface area is 215 Å². The van der Waals surface area contributed by atoms with Crippen LogP contribution in [0, 0.1) is 0 Å². The molecule has 1 N–H and O–H groups in total. The average molecular weight is 505 g/mol. The van der Waals surface area contributed by atoms with Crippen molar-refractivity contribution in [3.8, 4) is 17.2 Å². The summed E-state index contributed by atoms with van der Waals surface area (Å²) in [6.45, 7) is 0.459. The Bertz CT molecular complexity index is 1320. The molecule has 0 bridgehead atoms. The minimum atomic E-state index is -0.195. The number of ether oxygens (including phenoxy) is 3. The first-order chi connectivity index (χ1) is 17.4. The second-order valence-electron chi connectivity index (χ2n) is 8.09. The molecule has 0 spiro atoms. The van der Waals surface area contributed by atoms with E-state index in [4.69, 9.17) is 14.2 Å². The van der Waals surface area contributed by atoms with Crippen molar-refractivity contribution in [2.45, 2.75) is 11.3 Å². The molecule has 0 saturated heterocycles. The topological polar surface area (TPSA) is 77.1 Å². The fourth-order valence-corrected chi connectivity index (χ4v) is 5.00. The van der Waals surface area contributed by atoms with Crippen molar-refractivity contribution in [3.63, 3.8) is 0 Å². The molecule has 1 aliphatic rings. The third-order valence-corrected chi connectivity index (χ3v) is 6.97. The number of fused-ring (bicyclic) bond motifs is 1. The Morgan fingerprint density at radius 1 is 0.944 bits per heavy atom. The third kappa shape index (κ3) is 5.33. The standard InChI is InChI=1S/C28H28N2O5S/c1-30-21-16-20(27(31)29-14-13-18-9-11-23(34-3)24(15-18)35-4)10-12-25(21)36-26(28(30)32)17-19-7-5-6-8-22(19)33-2/h5-12,15-17H,13-14H2,1-4H3,(H,29,31)/b26-17+. The number of nitrogens with one attached hydrogen (secondary N) is 1. The minimum Gasteiger partial charge on any atom is -0.496 e. The predicted molar refractivity (Wildman–Crippen MR) is 142 cm³/mol. The van der Waals surface area contributed by atoms with E-state index >= 15 is 0 Å². The first kappa shape index (κ1) is 25.2. The van der Waals surface area contributed by atoms with Gasteiger partial charge in [-0.2, -0.15) is 0 Å². The number of rotatable bonds is 8. The first-order valence-corrected chi connectivity index (χ1v) is 12.2. The van der Waals surface area contributed by atoms with E-state index in [9.17, 15) is 9.59 Å². The summed E-state index contributed by atoms with van der Waals surface area (Å²) in [5.74, 6) is 1.69. The Morgan fingerprint density at radius 2 is 1.69 bits per heavy atom. The summed E-state index contributed by atoms with van der Waals surface area (Å²) in [6, 6.07) is 18.7. The maximum atomic E-state index is 13.1. The second kappa shape index (κ2) is 11.2. The molecule has 8 heteroatoms. The van der Waals surface area contributed by atoms with Crippen LogP contribution in [0.15, 0.2) is 70.5 Å². The van der Waals surface area contributed by atoms with E-state index in [2.05, 4.69) is 5.32 Å². The number of methoxy groups -OCH3 is 3. The molecular weight excluding hydrogens is 476 g/mol. The molecule has 7 nitrogen and oxygen atoms in total. The summed E-state index contributed by atoms with van der Waals surface area (Å²) >= 11 is 1.39. The first-order valence-electron chi connectivity index (χ1n) is 11.4. The fourth-order valence-electron chi connectivity index (χ4n) is 3.92. The van der Waals surface area contributed by atoms with E-state index in [0.717, 1.165) is 16.0 Å². The minimum absolute atomic E-state index is 0.135. The van der Waals surface area contributed by atoms with E-state index in [-0.39, 0.29) is 11.8 Å². The van der Waals surface area contributed by atoms with Gasteiger partial charge >= 0.3 is 0 Å². The highest BCUT2D eigenvalue weighted by atomic mass is 32.2. The van der Waals surface area contributed by atoms with Crippen molar-refractivity contribution in [2.75, 3.05) is 39.8 Å². The van der Waals surface area contributed by atoms with Gasteiger partial charge in [0.1, 0.15) is 5.75 Å². The molecule has 0 aromatic heterocycles. The number of hydrogen-bond acceptors (Lipinski definition) is 6. The number of hydrogen-bond donors (Lipinski definition) is 1. The van der Waals surface area contributed by atoms with E-state index < -0.39 is 0 Å². The quantitative estimate of drug-likeness (QED) is 0.445. The maximum absolute atomic E-state index is 13.1. The number of carbonyl (C=O) groups excluding carboxylic acids is 2. The number of carbonyl (C=O) groups is 2. The largest absolute Gasteiger partial charge is 0.496 e. The van der Waals surface area contributed by atoms with Gasteiger partial charge in [0.2, 0.25) is 0 Å². The van der Waals surface area contributed by atoms with Gasteiger partial charge in [0.15, 0.2) is 11.5 Å². The van der Waals surface area contributed by atoms with Crippen LogP contribution in [-0.4, -0.2) is 46.7 Å². The normalized spacial score (nSPS) is 13.8. The third-order valence-electron chi connectivity index (χ3n) is 5.89. The SMILES string of the molecule is COc1ccccc1/C=C1/Sc2ccc(C(=O)NCCc3ccc(OC)c(OC)c3)cc2N(C)C1=O. The average Bonchev–Trinajstić information content (AvgIpc) is 2.91. The van der Waals surface area contributed by atoms with Crippen LogP contribution < -0.4 is 24.4 Å². The monoisotopic (exact) mass is 504 g/mol. The van der Waals surface area contributed by atoms with Crippen LogP contribution in [0.2, 0.25) is 0 Å². The number of thioether (sulfide) groups is 1. The zero-order valence-electron chi connectivity index (χ0n) is 20.7. The zero-order valence-corrected chi connectivity index (χ0v) is 21.5. The molecule has 36 heavy (non-hydrogen) atoms. The zero-order chi connectivity index (χ0) is 25.7. The van der Waals surface area contributed by atoms with Gasteiger partial charge in [-0.1, -0.05) is 36.0 Å². The Kier molecular flexibility index (Phi) is 7.85. The van der Waals surface area contributed by atoms with Gasteiger partial charge in [-0.25, -0.2) is 0 Å². The summed E-state index contributed by atoms with van der Waals surface area (Å²) in [6.07, 6.45) is 2.47. The van der Waals surface area contributed by atoms with Crippen molar-refractivity contribution in [2.24, 2.45) is 0 Å². The van der Waals surface area contributed by atoms with Gasteiger partial charge in [-0.05, 0) is 54.5 Å². The molecule has 1 heterocycles. The van der Waals surface area contributed by atoms with Gasteiger partial charge in [-0.15, -0.1) is 0 Å². The Morgan fingerprint density at radius 3 is 2.44 bits per heavy atom. The summed E-state index contributed by atoms with van der Waals surface area (Å²) in [7, 11) is 6.51. The lowest BCUT2D eigenvalue weighted by molar-refractivity contribution is -0.114. The van der Waals surface area contributed by atoms with Gasteiger partial charge in [-0.3, -0.25) is 9.59 Å². The summed E-state index contributed by atoms with van der Waals surface area (Å²) in [5, 5.41) is 2.95. The van der Waals surface area contributed by atoms with Crippen LogP contribution in [-0.2, 0) is 11.2 Å². The van der Waals surface area contributed by atoms with Crippen molar-refractivity contribution in [1.29, 1.82) is 0 Å². The van der Waals surface area contributed by atoms with Crippen molar-refractivity contribution >= 4 is 35.3 Å². The summed E-state index contributed by atoms with van der Waals surface area (Å²) < 4.78 is 16.0. The van der Waals surface area contributed by atoms with Gasteiger partial charge < -0.3 is 24.4 Å². The number of benzene rings is 3. The smallest absolute Gasteiger partial charge is 0.264 e. The Balaban J connectivity index is 1.45. The van der Waals surface area contributed by atoms with Gasteiger partial charge in [0, 0.05) is 29.6 Å². The van der Waals surface area contributed by atoms with E-state index in [1.807, 2.05) is 54.6 Å². The van der Waals surface area contributed by atoms with Gasteiger partial charge in [0.25, 0.3) is 11.8 Å². The number of amides is 2. The van der Waals surface area contributed by atoms with Crippen molar-refractivity contribution < 1.29 is 23.8 Å². The molecule has 0 unspecified atom stereocenters. The maximum Gasteiger partial charge on any atom is 0.264 e. The highest BCUT2D eigenvalue weighted by Gasteiger charge is 2.27. The van der Waals surface area contributed by atoms with E-state index in [1.54, 1.807) is 45.4 Å². The van der Waals surface area contributed by atoms with Crippen molar-refractivity contribution in [3.05, 3.63) is 82.3 Å². The van der Waals surface area contributed by atoms with E-state index in [0.29, 0.717) is 46.4 Å². The molecular formula is C28H28N2O5S. The lowest BCUT2D eigenvalue weighted by Gasteiger charge is -2.27. The summed E-state index contributed by atoms with van der Waals surface area (Å²) in [5.41, 5.74) is 3.06. The number of para-hydroxylation sites is 1. The van der Waals surface area contributed by atoms with Crippen LogP contribution >= 0.6 is 11.8 Å². The van der Waals surface area contributed by atoms with Crippen LogP contribution in [0.5, 0.6) is 17.2 Å². The molecule has 0 radical (unpaired) electrons. The molecule has 4 rings (SSSR count). The molecule has 0 saturated carbocycles. The highest BCUT2D eigenvalue weighted by molar-refractivity contribution is 8.04. The number of anilines is 1. The molecule has 1 aliphatic heterocycles. The Hall–Kier alpha value is -3.91. The van der Waals surface area contributed by atoms with Crippen LogP contribution in [0.1, 0.15) is 21.5 Å². The van der Waals surface area contributed by atoms with E-state index in [1.165, 1.54) is 11.8 Å². The number of nitrogens with zero attached hydrogens (tertiary/aromatic N) is 1. The second-order valence-corrected chi connectivity index (χ2v) is 9.18. The summed E-state index contributed by atoms with van der Waals surface area (Å²) in [4.78, 5) is 29.0. The highest BCUT2D eigenvalue weighted by Crippen LogP contribution is 2.42. The van der Waals surface area contributed by atoms with Crippen LogP contribution in [0.4, 0.5) is 5.69 Å². The molecule has 2 amide bonds. The molecule has 3 aromatic carbocycles. The molecule has 0 aliphatic carbocycles. The van der Waals surface area contributed by atoms with Crippen LogP contribution in [0.25, 0.3) is 6.08 Å². The van der Waals surface area contributed by atoms with Gasteiger partial charge in [0.05, 0.1) is 31.9 Å². The predicted octanol–water partition coefficient (Wildman–Crippen LogP) is 4.79. The fraction of sp³-hybridized carbons (Fsp3) is 0.214. The molecule has 3 aromatic rings. The lowest BCUT2D eigenvalue weighted by atomic mass is 10.1.